The van der Waals surface area contributed by atoms with Gasteiger partial charge in [-0.1, -0.05) is 27.2 Å². The molecule has 1 unspecified atom stereocenters. The van der Waals surface area contributed by atoms with Crippen molar-refractivity contribution in [3.8, 4) is 6.07 Å². The van der Waals surface area contributed by atoms with Crippen LogP contribution in [0.4, 0.5) is 0 Å². The quantitative estimate of drug-likeness (QED) is 0.594. The zero-order chi connectivity index (χ0) is 8.69. The zero-order valence-electron chi connectivity index (χ0n) is 7.93. The summed E-state index contributed by atoms with van der Waals surface area (Å²) in [5.74, 6) is 1.05. The molecule has 64 valence electrons. The predicted molar refractivity (Wildman–Crippen MR) is 48.1 cm³/mol. The Morgan fingerprint density at radius 3 is 2.18 bits per heavy atom. The van der Waals surface area contributed by atoms with Gasteiger partial charge in [0, 0.05) is 5.92 Å². The largest absolute Gasteiger partial charge is 0.198 e. The van der Waals surface area contributed by atoms with Crippen molar-refractivity contribution in [1.29, 1.82) is 5.26 Å². The Morgan fingerprint density at radius 2 is 1.82 bits per heavy atom. The third-order valence-corrected chi connectivity index (χ3v) is 1.91. The van der Waals surface area contributed by atoms with Gasteiger partial charge in [-0.25, -0.2) is 0 Å². The second-order valence-electron chi connectivity index (χ2n) is 3.59. The van der Waals surface area contributed by atoms with Crippen LogP contribution in [0.2, 0.25) is 0 Å². The van der Waals surface area contributed by atoms with Crippen LogP contribution in [0.15, 0.2) is 0 Å². The molecule has 0 N–H and O–H groups in total. The summed E-state index contributed by atoms with van der Waals surface area (Å²) in [6, 6.07) is 2.36. The summed E-state index contributed by atoms with van der Waals surface area (Å²) < 4.78 is 0. The Bertz CT molecular complexity index is 121. The first-order valence-corrected chi connectivity index (χ1v) is 4.60. The summed E-state index contributed by atoms with van der Waals surface area (Å²) in [6.07, 6.45) is 4.49. The van der Waals surface area contributed by atoms with E-state index in [-0.39, 0.29) is 0 Å². The average molecular weight is 153 g/mol. The number of hydrogen-bond donors (Lipinski definition) is 0. The molecule has 0 saturated carbocycles. The monoisotopic (exact) mass is 153 g/mol. The van der Waals surface area contributed by atoms with Gasteiger partial charge in [-0.15, -0.1) is 0 Å². The number of hydrogen-bond acceptors (Lipinski definition) is 1. The van der Waals surface area contributed by atoms with Gasteiger partial charge in [0.05, 0.1) is 6.07 Å². The lowest BCUT2D eigenvalue weighted by Gasteiger charge is -2.08. The van der Waals surface area contributed by atoms with E-state index in [1.54, 1.807) is 0 Å². The van der Waals surface area contributed by atoms with E-state index in [9.17, 15) is 0 Å². The van der Waals surface area contributed by atoms with Gasteiger partial charge in [-0.05, 0) is 25.2 Å². The lowest BCUT2D eigenvalue weighted by molar-refractivity contribution is 0.464. The van der Waals surface area contributed by atoms with Crippen LogP contribution >= 0.6 is 0 Å². The fraction of sp³-hybridized carbons (Fsp3) is 0.900. The lowest BCUT2D eigenvalue weighted by atomic mass is 9.95. The number of nitriles is 1. The van der Waals surface area contributed by atoms with Gasteiger partial charge >= 0.3 is 0 Å². The van der Waals surface area contributed by atoms with Gasteiger partial charge in [0.15, 0.2) is 0 Å². The van der Waals surface area contributed by atoms with E-state index in [1.165, 1.54) is 6.42 Å². The van der Waals surface area contributed by atoms with Crippen molar-refractivity contribution in [2.24, 2.45) is 11.8 Å². The van der Waals surface area contributed by atoms with Gasteiger partial charge in [0.25, 0.3) is 0 Å². The molecule has 1 heteroatoms. The van der Waals surface area contributed by atoms with Gasteiger partial charge in [0.1, 0.15) is 0 Å². The van der Waals surface area contributed by atoms with E-state index >= 15 is 0 Å². The molecule has 0 rings (SSSR count). The summed E-state index contributed by atoms with van der Waals surface area (Å²) in [6.45, 7) is 6.56. The van der Waals surface area contributed by atoms with Crippen molar-refractivity contribution in [2.45, 2.75) is 46.5 Å². The summed E-state index contributed by atoms with van der Waals surface area (Å²) in [7, 11) is 0. The molecule has 0 aromatic heterocycles. The molecule has 0 spiro atoms. The molecule has 1 atom stereocenters. The van der Waals surface area contributed by atoms with Crippen LogP contribution in [-0.4, -0.2) is 0 Å². The predicted octanol–water partition coefficient (Wildman–Crippen LogP) is 3.36. The van der Waals surface area contributed by atoms with Crippen LogP contribution in [0, 0.1) is 23.2 Å². The molecule has 0 bridgehead atoms. The molecule has 1 nitrogen and oxygen atoms in total. The maximum absolute atomic E-state index is 8.72. The summed E-state index contributed by atoms with van der Waals surface area (Å²) in [4.78, 5) is 0. The summed E-state index contributed by atoms with van der Waals surface area (Å²) in [5.41, 5.74) is 0. The van der Waals surface area contributed by atoms with E-state index in [0.717, 1.165) is 25.2 Å². The molecule has 0 fully saturated rings. The van der Waals surface area contributed by atoms with Gasteiger partial charge in [-0.2, -0.15) is 5.26 Å². The van der Waals surface area contributed by atoms with Crippen LogP contribution in [0.5, 0.6) is 0 Å². The van der Waals surface area contributed by atoms with Crippen LogP contribution < -0.4 is 0 Å². The maximum Gasteiger partial charge on any atom is 0.0655 e. The van der Waals surface area contributed by atoms with E-state index in [1.807, 2.05) is 0 Å². The fourth-order valence-electron chi connectivity index (χ4n) is 1.16. The molecule has 0 radical (unpaired) electrons. The molecular weight excluding hydrogens is 134 g/mol. The Labute approximate surface area is 70.4 Å². The Morgan fingerprint density at radius 1 is 1.18 bits per heavy atom. The first-order chi connectivity index (χ1) is 5.20. The SMILES string of the molecule is CCCC(C#N)CCC(C)C. The molecule has 0 amide bonds. The Hall–Kier alpha value is -0.510. The van der Waals surface area contributed by atoms with Crippen molar-refractivity contribution < 1.29 is 0 Å². The molecular formula is C10H19N. The molecule has 0 saturated heterocycles. The maximum atomic E-state index is 8.72. The third-order valence-electron chi connectivity index (χ3n) is 1.91. The van der Waals surface area contributed by atoms with Gasteiger partial charge in [0.2, 0.25) is 0 Å². The minimum absolute atomic E-state index is 0.308. The molecule has 11 heavy (non-hydrogen) atoms. The fourth-order valence-corrected chi connectivity index (χ4v) is 1.16. The topological polar surface area (TPSA) is 23.8 Å². The first-order valence-electron chi connectivity index (χ1n) is 4.60. The minimum Gasteiger partial charge on any atom is -0.198 e. The number of nitrogens with zero attached hydrogens (tertiary/aromatic N) is 1. The van der Waals surface area contributed by atoms with Gasteiger partial charge in [-0.3, -0.25) is 0 Å². The van der Waals surface area contributed by atoms with Crippen molar-refractivity contribution in [3.05, 3.63) is 0 Å². The second-order valence-corrected chi connectivity index (χ2v) is 3.59. The Balaban J connectivity index is 3.46. The van der Waals surface area contributed by atoms with Crippen LogP contribution in [0.3, 0.4) is 0 Å². The smallest absolute Gasteiger partial charge is 0.0655 e. The summed E-state index contributed by atoms with van der Waals surface area (Å²) in [5, 5.41) is 8.72. The van der Waals surface area contributed by atoms with Crippen molar-refractivity contribution in [1.82, 2.24) is 0 Å². The van der Waals surface area contributed by atoms with Crippen LogP contribution in [0.25, 0.3) is 0 Å². The van der Waals surface area contributed by atoms with Crippen molar-refractivity contribution in [2.75, 3.05) is 0 Å². The normalized spacial score (nSPS) is 13.0. The highest BCUT2D eigenvalue weighted by Gasteiger charge is 2.06. The van der Waals surface area contributed by atoms with Gasteiger partial charge < -0.3 is 0 Å². The zero-order valence-corrected chi connectivity index (χ0v) is 7.93. The number of rotatable bonds is 5. The molecule has 0 heterocycles. The molecule has 0 aromatic rings. The molecule has 0 aromatic carbocycles. The van der Waals surface area contributed by atoms with Crippen LogP contribution in [0.1, 0.15) is 46.5 Å². The van der Waals surface area contributed by atoms with E-state index in [4.69, 9.17) is 5.26 Å². The Kier molecular flexibility index (Phi) is 5.93. The standard InChI is InChI=1S/C10H19N/c1-4-5-10(8-11)7-6-9(2)3/h9-10H,4-7H2,1-3H3. The minimum atomic E-state index is 0.308. The van der Waals surface area contributed by atoms with E-state index in [2.05, 4.69) is 26.8 Å². The highest BCUT2D eigenvalue weighted by Crippen LogP contribution is 2.15. The van der Waals surface area contributed by atoms with E-state index in [0.29, 0.717) is 5.92 Å². The first kappa shape index (κ1) is 10.5. The average Bonchev–Trinajstić information content (AvgIpc) is 1.97. The second kappa shape index (κ2) is 6.22. The lowest BCUT2D eigenvalue weighted by Crippen LogP contribution is -1.98. The van der Waals surface area contributed by atoms with Crippen molar-refractivity contribution in [3.63, 3.8) is 0 Å². The molecule has 0 aliphatic heterocycles. The van der Waals surface area contributed by atoms with E-state index < -0.39 is 0 Å². The highest BCUT2D eigenvalue weighted by atomic mass is 14.3. The third kappa shape index (κ3) is 5.91. The van der Waals surface area contributed by atoms with Crippen LogP contribution in [-0.2, 0) is 0 Å². The molecule has 0 aliphatic rings. The van der Waals surface area contributed by atoms with Crippen molar-refractivity contribution >= 4 is 0 Å². The summed E-state index contributed by atoms with van der Waals surface area (Å²) >= 11 is 0. The highest BCUT2D eigenvalue weighted by molar-refractivity contribution is 4.81. The molecule has 0 aliphatic carbocycles.